The minimum absolute atomic E-state index is 0.00323. The van der Waals surface area contributed by atoms with Gasteiger partial charge >= 0.3 is 5.97 Å². The molecule has 3 N–H and O–H groups in total. The minimum atomic E-state index is -0.667. The molecule has 470 valence electrons. The fourth-order valence-electron chi connectivity index (χ4n) is 11.1. The number of aliphatic hydroxyl groups is 2. The Morgan fingerprint density at radius 3 is 1.00 bits per heavy atom. The van der Waals surface area contributed by atoms with Gasteiger partial charge in [-0.1, -0.05) is 339 Å². The molecule has 0 aromatic rings. The van der Waals surface area contributed by atoms with Gasteiger partial charge in [-0.2, -0.15) is 0 Å². The number of esters is 1. The van der Waals surface area contributed by atoms with Gasteiger partial charge in [-0.05, 0) is 83.5 Å². The largest absolute Gasteiger partial charge is 0.466 e. The molecule has 6 nitrogen and oxygen atoms in total. The predicted octanol–water partition coefficient (Wildman–Crippen LogP) is 23.3. The van der Waals surface area contributed by atoms with Crippen LogP contribution >= 0.6 is 0 Å². The third kappa shape index (κ3) is 65.0. The lowest BCUT2D eigenvalue weighted by atomic mass is 10.0. The monoisotopic (exact) mass is 1120 g/mol. The summed E-state index contributed by atoms with van der Waals surface area (Å²) in [4.78, 5) is 24.6. The van der Waals surface area contributed by atoms with Crippen LogP contribution in [0.4, 0.5) is 0 Å². The maximum absolute atomic E-state index is 12.5. The van der Waals surface area contributed by atoms with Gasteiger partial charge in [0, 0.05) is 12.8 Å². The second kappa shape index (κ2) is 69.3. The topological polar surface area (TPSA) is 95.9 Å². The Kier molecular flexibility index (Phi) is 67.4. The van der Waals surface area contributed by atoms with Crippen LogP contribution < -0.4 is 5.32 Å². The van der Waals surface area contributed by atoms with Crippen molar-refractivity contribution in [2.24, 2.45) is 0 Å². The van der Waals surface area contributed by atoms with Crippen LogP contribution in [0.1, 0.15) is 386 Å². The van der Waals surface area contributed by atoms with E-state index in [0.29, 0.717) is 25.9 Å². The number of amides is 1. The van der Waals surface area contributed by atoms with Crippen molar-refractivity contribution in [1.29, 1.82) is 0 Å². The van der Waals surface area contributed by atoms with Crippen LogP contribution in [-0.4, -0.2) is 47.4 Å². The third-order valence-corrected chi connectivity index (χ3v) is 16.6. The summed E-state index contributed by atoms with van der Waals surface area (Å²) in [6.07, 6.45) is 90.2. The average Bonchev–Trinajstić information content (AvgIpc) is 3.46. The highest BCUT2D eigenvalue weighted by Crippen LogP contribution is 2.19. The summed E-state index contributed by atoms with van der Waals surface area (Å²) < 4.78 is 5.47. The quantitative estimate of drug-likeness (QED) is 0.0320. The molecule has 0 saturated heterocycles. The number of carbonyl (C=O) groups is 2. The van der Waals surface area contributed by atoms with E-state index in [1.807, 2.05) is 0 Å². The van der Waals surface area contributed by atoms with E-state index >= 15 is 0 Å². The molecule has 0 rings (SSSR count). The fourth-order valence-corrected chi connectivity index (χ4v) is 11.1. The van der Waals surface area contributed by atoms with Crippen LogP contribution in [0.25, 0.3) is 0 Å². The lowest BCUT2D eigenvalue weighted by Gasteiger charge is -2.22. The first-order chi connectivity index (χ1) is 39.5. The summed E-state index contributed by atoms with van der Waals surface area (Å²) in [5.41, 5.74) is 0. The molecule has 6 heteroatoms. The van der Waals surface area contributed by atoms with E-state index in [4.69, 9.17) is 4.74 Å². The maximum Gasteiger partial charge on any atom is 0.305 e. The highest BCUT2D eigenvalue weighted by molar-refractivity contribution is 5.76. The van der Waals surface area contributed by atoms with Crippen molar-refractivity contribution in [2.45, 2.75) is 398 Å². The molecule has 0 aliphatic rings. The first-order valence-corrected chi connectivity index (χ1v) is 35.9. The summed E-state index contributed by atoms with van der Waals surface area (Å²) in [5.74, 6) is -0.0356. The Morgan fingerprint density at radius 1 is 0.350 bits per heavy atom. The van der Waals surface area contributed by atoms with E-state index < -0.39 is 12.1 Å². The predicted molar refractivity (Wildman–Crippen MR) is 352 cm³/mol. The lowest BCUT2D eigenvalue weighted by molar-refractivity contribution is -0.143. The van der Waals surface area contributed by atoms with Crippen molar-refractivity contribution in [3.05, 3.63) is 48.6 Å². The second-order valence-corrected chi connectivity index (χ2v) is 24.6. The molecule has 0 heterocycles. The molecule has 2 unspecified atom stereocenters. The number of unbranched alkanes of at least 4 members (excludes halogenated alkanes) is 48. The van der Waals surface area contributed by atoms with E-state index in [-0.39, 0.29) is 18.5 Å². The molecule has 0 bridgehead atoms. The number of hydrogen-bond donors (Lipinski definition) is 3. The Morgan fingerprint density at radius 2 is 0.650 bits per heavy atom. The molecule has 0 aromatic heterocycles. The molecule has 1 amide bonds. The number of aliphatic hydroxyl groups excluding tert-OH is 2. The lowest BCUT2D eigenvalue weighted by Crippen LogP contribution is -2.45. The van der Waals surface area contributed by atoms with E-state index in [1.165, 1.54) is 295 Å². The van der Waals surface area contributed by atoms with Crippen LogP contribution in [-0.2, 0) is 14.3 Å². The first-order valence-electron chi connectivity index (χ1n) is 35.9. The number of ether oxygens (including phenoxy) is 1. The summed E-state index contributed by atoms with van der Waals surface area (Å²) in [7, 11) is 0. The van der Waals surface area contributed by atoms with Gasteiger partial charge in [0.25, 0.3) is 0 Å². The fraction of sp³-hybridized carbons (Fsp3) is 0.865. The highest BCUT2D eigenvalue weighted by Gasteiger charge is 2.20. The Labute approximate surface area is 499 Å². The second-order valence-electron chi connectivity index (χ2n) is 24.6. The highest BCUT2D eigenvalue weighted by atomic mass is 16.5. The zero-order valence-corrected chi connectivity index (χ0v) is 53.8. The Hall–Kier alpha value is -2.18. The van der Waals surface area contributed by atoms with Gasteiger partial charge in [0.05, 0.1) is 25.4 Å². The van der Waals surface area contributed by atoms with Gasteiger partial charge in [-0.3, -0.25) is 9.59 Å². The molecule has 2 atom stereocenters. The normalized spacial score (nSPS) is 12.8. The number of allylic oxidation sites excluding steroid dienone is 8. The van der Waals surface area contributed by atoms with Gasteiger partial charge in [0.1, 0.15) is 0 Å². The molecular weight excluding hydrogens is 983 g/mol. The minimum Gasteiger partial charge on any atom is -0.466 e. The van der Waals surface area contributed by atoms with Crippen LogP contribution in [0.3, 0.4) is 0 Å². The van der Waals surface area contributed by atoms with Crippen molar-refractivity contribution in [3.63, 3.8) is 0 Å². The molecule has 0 aliphatic heterocycles. The molecular formula is C74H139NO5. The average molecular weight is 1120 g/mol. The van der Waals surface area contributed by atoms with Gasteiger partial charge < -0.3 is 20.3 Å². The molecule has 0 aliphatic carbocycles. The number of rotatable bonds is 67. The Bertz CT molecular complexity index is 1340. The smallest absolute Gasteiger partial charge is 0.305 e. The SMILES string of the molecule is CCC/C=C\C/C=C\CCCCCCCC(=O)OCCCCCCCCCCC/C=C\C/C=C\CCCCCCCCCCCCCCCC(=O)NC(CO)C(O)CCCCCCCCCCCCCCCCCCCCCCC. The molecule has 80 heavy (non-hydrogen) atoms. The van der Waals surface area contributed by atoms with E-state index in [0.717, 1.165) is 57.8 Å². The van der Waals surface area contributed by atoms with Gasteiger partial charge in [0.15, 0.2) is 0 Å². The third-order valence-electron chi connectivity index (χ3n) is 16.6. The van der Waals surface area contributed by atoms with Crippen molar-refractivity contribution < 1.29 is 24.5 Å². The van der Waals surface area contributed by atoms with E-state index in [1.54, 1.807) is 0 Å². The molecule has 0 aromatic carbocycles. The van der Waals surface area contributed by atoms with Crippen molar-refractivity contribution in [2.75, 3.05) is 13.2 Å². The number of nitrogens with one attached hydrogen (secondary N) is 1. The summed E-state index contributed by atoms with van der Waals surface area (Å²) in [6, 6.07) is -0.544. The van der Waals surface area contributed by atoms with Crippen LogP contribution in [0, 0.1) is 0 Å². The first kappa shape index (κ1) is 77.8. The Balaban J connectivity index is 3.41. The van der Waals surface area contributed by atoms with Crippen LogP contribution in [0.5, 0.6) is 0 Å². The summed E-state index contributed by atoms with van der Waals surface area (Å²) in [6.45, 7) is 4.91. The molecule has 0 radical (unpaired) electrons. The molecule has 0 saturated carbocycles. The van der Waals surface area contributed by atoms with Crippen molar-refractivity contribution >= 4 is 11.9 Å². The zero-order chi connectivity index (χ0) is 57.8. The van der Waals surface area contributed by atoms with Crippen LogP contribution in [0.2, 0.25) is 0 Å². The van der Waals surface area contributed by atoms with Gasteiger partial charge in [0.2, 0.25) is 5.91 Å². The van der Waals surface area contributed by atoms with Crippen LogP contribution in [0.15, 0.2) is 48.6 Å². The summed E-state index contributed by atoms with van der Waals surface area (Å²) >= 11 is 0. The van der Waals surface area contributed by atoms with Crippen molar-refractivity contribution in [3.8, 4) is 0 Å². The summed E-state index contributed by atoms with van der Waals surface area (Å²) in [5, 5.41) is 23.4. The van der Waals surface area contributed by atoms with Crippen molar-refractivity contribution in [1.82, 2.24) is 5.32 Å². The molecule has 0 spiro atoms. The zero-order valence-electron chi connectivity index (χ0n) is 53.8. The van der Waals surface area contributed by atoms with Gasteiger partial charge in [-0.15, -0.1) is 0 Å². The molecule has 0 fully saturated rings. The van der Waals surface area contributed by atoms with Gasteiger partial charge in [-0.25, -0.2) is 0 Å². The number of carbonyl (C=O) groups excluding carboxylic acids is 2. The standard InChI is InChI=1S/C74H139NO5/c1-3-5-7-9-11-13-15-17-18-19-20-30-33-36-39-43-46-50-54-58-62-66-72(77)71(70-76)75-73(78)67-63-59-55-51-47-44-40-37-34-31-28-26-24-22-21-23-25-27-29-32-35-38-41-45-49-53-57-61-65-69-80-74(79)68-64-60-56-52-48-42-16-14-12-10-8-6-4-2/h8,10,14,16,21,23,27,29,71-72,76-77H,3-7,9,11-13,15,17-20,22,24-26,28,30-70H2,1-2H3,(H,75,78)/b10-8-,16-14-,23-21-,29-27-. The van der Waals surface area contributed by atoms with E-state index in [2.05, 4.69) is 67.8 Å². The maximum atomic E-state index is 12.5. The number of hydrogen-bond acceptors (Lipinski definition) is 5. The van der Waals surface area contributed by atoms with E-state index in [9.17, 15) is 19.8 Å².